The van der Waals surface area contributed by atoms with Crippen LogP contribution in [-0.2, 0) is 15.2 Å². The van der Waals surface area contributed by atoms with E-state index >= 15 is 0 Å². The summed E-state index contributed by atoms with van der Waals surface area (Å²) in [4.78, 5) is 13.4. The third kappa shape index (κ3) is 7.95. The maximum atomic E-state index is 12.2. The van der Waals surface area contributed by atoms with Crippen molar-refractivity contribution < 1.29 is 18.7 Å². The second-order valence-electron chi connectivity index (χ2n) is 7.89. The van der Waals surface area contributed by atoms with E-state index in [0.717, 1.165) is 48.0 Å². The van der Waals surface area contributed by atoms with Gasteiger partial charge in [0.15, 0.2) is 0 Å². The van der Waals surface area contributed by atoms with Gasteiger partial charge in [-0.05, 0) is 49.4 Å². The molecule has 30 heavy (non-hydrogen) atoms. The number of anilines is 1. The number of rotatable bonds is 11. The molecule has 3 rings (SSSR count). The third-order valence-electron chi connectivity index (χ3n) is 4.78. The molecule has 2 aromatic rings. The molecule has 1 fully saturated rings. The standard InChI is InChI=1S/C23H31N2O4S/c1-17(2)12-19(25-23(26)29-15-20-7-4-10-27-20)14-24-18-6-3-9-22(13-18)30-16-21-8-5-11-28-21/h3,5,8-9,11,13,17,19-20,24H,4,7,10,12,14-16H2,1-2H3,(H,25,26). The molecule has 1 amide bonds. The van der Waals surface area contributed by atoms with Crippen LogP contribution in [0, 0.1) is 12.0 Å². The monoisotopic (exact) mass is 431 g/mol. The van der Waals surface area contributed by atoms with E-state index in [0.29, 0.717) is 19.1 Å². The summed E-state index contributed by atoms with van der Waals surface area (Å²) < 4.78 is 16.2. The molecule has 2 N–H and O–H groups in total. The van der Waals surface area contributed by atoms with Gasteiger partial charge in [0.25, 0.3) is 0 Å². The molecule has 1 aliphatic heterocycles. The normalized spacial score (nSPS) is 17.1. The Hall–Kier alpha value is -2.12. The molecule has 2 unspecified atom stereocenters. The average Bonchev–Trinajstić information content (AvgIpc) is 3.43. The summed E-state index contributed by atoms with van der Waals surface area (Å²) >= 11 is 1.71. The molecule has 163 valence electrons. The van der Waals surface area contributed by atoms with Gasteiger partial charge in [-0.25, -0.2) is 4.79 Å². The Morgan fingerprint density at radius 1 is 1.40 bits per heavy atom. The minimum Gasteiger partial charge on any atom is -0.468 e. The Bertz CT molecular complexity index is 760. The fourth-order valence-electron chi connectivity index (χ4n) is 3.33. The van der Waals surface area contributed by atoms with E-state index in [1.807, 2.05) is 24.3 Å². The first-order valence-corrected chi connectivity index (χ1v) is 11.5. The van der Waals surface area contributed by atoms with Crippen LogP contribution >= 0.6 is 11.8 Å². The molecule has 0 spiro atoms. The van der Waals surface area contributed by atoms with Crippen molar-refractivity contribution in [1.29, 1.82) is 0 Å². The lowest BCUT2D eigenvalue weighted by Gasteiger charge is -2.22. The van der Waals surface area contributed by atoms with Gasteiger partial charge in [-0.3, -0.25) is 0 Å². The Balaban J connectivity index is 1.47. The van der Waals surface area contributed by atoms with Crippen molar-refractivity contribution in [2.24, 2.45) is 5.92 Å². The molecule has 2 heterocycles. The summed E-state index contributed by atoms with van der Waals surface area (Å²) in [6.45, 7) is 5.96. The summed E-state index contributed by atoms with van der Waals surface area (Å²) in [6.07, 6.45) is 4.18. The highest BCUT2D eigenvalue weighted by Crippen LogP contribution is 2.25. The molecule has 1 saturated heterocycles. The maximum Gasteiger partial charge on any atom is 0.407 e. The average molecular weight is 432 g/mol. The van der Waals surface area contributed by atoms with E-state index in [2.05, 4.69) is 36.6 Å². The lowest BCUT2D eigenvalue weighted by atomic mass is 10.0. The van der Waals surface area contributed by atoms with E-state index in [-0.39, 0.29) is 18.2 Å². The van der Waals surface area contributed by atoms with Crippen LogP contribution in [0.1, 0.15) is 38.9 Å². The minimum absolute atomic E-state index is 0.0326. The van der Waals surface area contributed by atoms with E-state index in [4.69, 9.17) is 13.9 Å². The van der Waals surface area contributed by atoms with Gasteiger partial charge in [-0.1, -0.05) is 19.9 Å². The number of hydrogen-bond donors (Lipinski definition) is 2. The Morgan fingerprint density at radius 2 is 2.30 bits per heavy atom. The lowest BCUT2D eigenvalue weighted by Crippen LogP contribution is -2.41. The van der Waals surface area contributed by atoms with Gasteiger partial charge in [0.2, 0.25) is 0 Å². The fourth-order valence-corrected chi connectivity index (χ4v) is 4.17. The number of amides is 1. The number of alkyl carbamates (subject to hydrolysis) is 1. The van der Waals surface area contributed by atoms with Crippen LogP contribution in [0.4, 0.5) is 10.5 Å². The number of benzene rings is 1. The highest BCUT2D eigenvalue weighted by atomic mass is 32.2. The number of furan rings is 1. The van der Waals surface area contributed by atoms with Gasteiger partial charge < -0.3 is 24.5 Å². The van der Waals surface area contributed by atoms with Crippen LogP contribution in [0.25, 0.3) is 0 Å². The molecular formula is C23H31N2O4S. The summed E-state index contributed by atoms with van der Waals surface area (Å²) in [5.41, 5.74) is 0.905. The number of carbonyl (C=O) groups is 1. The molecule has 1 radical (unpaired) electrons. The SMILES string of the molecule is CC(C)CC(CNc1[c]ccc(SCc2ccco2)c1)NC(=O)OCC1CCCO1. The number of thioether (sulfide) groups is 1. The van der Waals surface area contributed by atoms with E-state index in [1.54, 1.807) is 18.0 Å². The highest BCUT2D eigenvalue weighted by molar-refractivity contribution is 7.98. The summed E-state index contributed by atoms with van der Waals surface area (Å²) in [5.74, 6) is 2.18. The van der Waals surface area contributed by atoms with Gasteiger partial charge in [0, 0.05) is 35.8 Å². The summed E-state index contributed by atoms with van der Waals surface area (Å²) in [6, 6.07) is 13.1. The van der Waals surface area contributed by atoms with Crippen molar-refractivity contribution in [3.63, 3.8) is 0 Å². The van der Waals surface area contributed by atoms with Crippen molar-refractivity contribution in [1.82, 2.24) is 5.32 Å². The first-order chi connectivity index (χ1) is 14.6. The van der Waals surface area contributed by atoms with Crippen molar-refractivity contribution in [2.45, 2.75) is 55.9 Å². The quantitative estimate of drug-likeness (QED) is 0.482. The van der Waals surface area contributed by atoms with Gasteiger partial charge >= 0.3 is 6.09 Å². The Kier molecular flexibility index (Phi) is 8.96. The molecule has 0 aliphatic carbocycles. The molecule has 7 heteroatoms. The number of nitrogens with one attached hydrogen (secondary N) is 2. The first-order valence-electron chi connectivity index (χ1n) is 10.5. The van der Waals surface area contributed by atoms with Gasteiger partial charge in [-0.2, -0.15) is 0 Å². The largest absolute Gasteiger partial charge is 0.468 e. The van der Waals surface area contributed by atoms with E-state index in [9.17, 15) is 4.79 Å². The van der Waals surface area contributed by atoms with Crippen molar-refractivity contribution in [3.8, 4) is 0 Å². The minimum atomic E-state index is -0.385. The predicted molar refractivity (Wildman–Crippen MR) is 119 cm³/mol. The van der Waals surface area contributed by atoms with Crippen molar-refractivity contribution in [2.75, 3.05) is 25.1 Å². The number of hydrogen-bond acceptors (Lipinski definition) is 6. The van der Waals surface area contributed by atoms with Gasteiger partial charge in [-0.15, -0.1) is 11.8 Å². The zero-order valence-electron chi connectivity index (χ0n) is 17.7. The Morgan fingerprint density at radius 3 is 3.03 bits per heavy atom. The topological polar surface area (TPSA) is 72.7 Å². The molecular weight excluding hydrogens is 400 g/mol. The molecule has 1 aliphatic rings. The number of ether oxygens (including phenoxy) is 2. The Labute approximate surface area is 183 Å². The summed E-state index contributed by atoms with van der Waals surface area (Å²) in [5, 5.41) is 6.39. The van der Waals surface area contributed by atoms with Crippen LogP contribution in [0.2, 0.25) is 0 Å². The second kappa shape index (κ2) is 11.9. The van der Waals surface area contributed by atoms with E-state index in [1.165, 1.54) is 0 Å². The van der Waals surface area contributed by atoms with E-state index < -0.39 is 0 Å². The van der Waals surface area contributed by atoms with Gasteiger partial charge in [0.1, 0.15) is 12.4 Å². The third-order valence-corrected chi connectivity index (χ3v) is 5.79. The van der Waals surface area contributed by atoms with Crippen LogP contribution in [0.15, 0.2) is 45.9 Å². The zero-order valence-corrected chi connectivity index (χ0v) is 18.5. The molecule has 6 nitrogen and oxygen atoms in total. The predicted octanol–water partition coefficient (Wildman–Crippen LogP) is 5.10. The highest BCUT2D eigenvalue weighted by Gasteiger charge is 2.19. The van der Waals surface area contributed by atoms with Crippen LogP contribution < -0.4 is 10.6 Å². The van der Waals surface area contributed by atoms with Crippen LogP contribution in [0.5, 0.6) is 0 Å². The van der Waals surface area contributed by atoms with Gasteiger partial charge in [0.05, 0.1) is 18.1 Å². The zero-order chi connectivity index (χ0) is 21.2. The smallest absolute Gasteiger partial charge is 0.407 e. The maximum absolute atomic E-state index is 12.2. The molecule has 2 atom stereocenters. The number of carbonyl (C=O) groups excluding carboxylic acids is 1. The van der Waals surface area contributed by atoms with Crippen molar-refractivity contribution >= 4 is 23.5 Å². The van der Waals surface area contributed by atoms with Crippen LogP contribution in [-0.4, -0.2) is 38.0 Å². The first kappa shape index (κ1) is 22.6. The fraction of sp³-hybridized carbons (Fsp3) is 0.522. The molecule has 0 bridgehead atoms. The van der Waals surface area contributed by atoms with Crippen LogP contribution in [0.3, 0.4) is 0 Å². The van der Waals surface area contributed by atoms with Crippen molar-refractivity contribution in [3.05, 3.63) is 48.4 Å². The summed E-state index contributed by atoms with van der Waals surface area (Å²) in [7, 11) is 0. The molecule has 1 aromatic carbocycles. The molecule has 0 saturated carbocycles. The lowest BCUT2D eigenvalue weighted by molar-refractivity contribution is 0.0428. The second-order valence-corrected chi connectivity index (χ2v) is 8.94. The molecule has 1 aromatic heterocycles.